The number of pyridine rings is 1. The fourth-order valence-electron chi connectivity index (χ4n) is 2.65. The number of aromatic nitrogens is 3. The Balaban J connectivity index is 2.18. The smallest absolute Gasteiger partial charge is 0.299 e. The van der Waals surface area contributed by atoms with Gasteiger partial charge in [0.25, 0.3) is 6.01 Å². The summed E-state index contributed by atoms with van der Waals surface area (Å²) in [7, 11) is 0. The predicted octanol–water partition coefficient (Wildman–Crippen LogP) is 3.34. The second-order valence-electron chi connectivity index (χ2n) is 5.37. The van der Waals surface area contributed by atoms with Gasteiger partial charge in [0.05, 0.1) is 11.0 Å². The van der Waals surface area contributed by atoms with Gasteiger partial charge >= 0.3 is 0 Å². The highest BCUT2D eigenvalue weighted by Crippen LogP contribution is 2.31. The Labute approximate surface area is 135 Å². The van der Waals surface area contributed by atoms with E-state index in [0.717, 1.165) is 35.8 Å². The lowest BCUT2D eigenvalue weighted by Crippen LogP contribution is -2.08. The molecule has 0 aliphatic carbocycles. The van der Waals surface area contributed by atoms with Gasteiger partial charge in [0.15, 0.2) is 12.6 Å². The molecule has 2 N–H and O–H groups in total. The van der Waals surface area contributed by atoms with E-state index in [1.165, 1.54) is 0 Å². The maximum atomic E-state index is 6.11. The first-order valence-electron chi connectivity index (χ1n) is 8.01. The predicted molar refractivity (Wildman–Crippen MR) is 91.5 cm³/mol. The molecule has 0 unspecified atom stereocenters. The number of fused-ring (bicyclic) bond motifs is 3. The maximum Gasteiger partial charge on any atom is 0.299 e. The highest BCUT2D eigenvalue weighted by Gasteiger charge is 2.17. The first kappa shape index (κ1) is 15.6. The van der Waals surface area contributed by atoms with Gasteiger partial charge in [0, 0.05) is 18.5 Å². The Kier molecular flexibility index (Phi) is 4.62. The van der Waals surface area contributed by atoms with Crippen LogP contribution < -0.4 is 10.5 Å². The van der Waals surface area contributed by atoms with Crippen LogP contribution in [0.15, 0.2) is 24.3 Å². The van der Waals surface area contributed by atoms with Gasteiger partial charge < -0.3 is 15.2 Å². The van der Waals surface area contributed by atoms with Gasteiger partial charge in [-0.3, -0.25) is 4.57 Å². The molecule has 3 aromatic rings. The average molecular weight is 314 g/mol. The summed E-state index contributed by atoms with van der Waals surface area (Å²) in [5.74, 6) is 0.426. The molecule has 0 fully saturated rings. The average Bonchev–Trinajstić information content (AvgIpc) is 2.93. The molecular formula is C17H22N4O2. The molecule has 0 aliphatic rings. The van der Waals surface area contributed by atoms with E-state index in [1.54, 1.807) is 0 Å². The summed E-state index contributed by atoms with van der Waals surface area (Å²) >= 11 is 0. The van der Waals surface area contributed by atoms with Crippen molar-refractivity contribution in [2.24, 2.45) is 0 Å². The van der Waals surface area contributed by atoms with Gasteiger partial charge in [-0.25, -0.2) is 4.98 Å². The Morgan fingerprint density at radius 1 is 1.17 bits per heavy atom. The summed E-state index contributed by atoms with van der Waals surface area (Å²) < 4.78 is 13.1. The topological polar surface area (TPSA) is 75.2 Å². The monoisotopic (exact) mass is 314 g/mol. The van der Waals surface area contributed by atoms with Gasteiger partial charge in [-0.2, -0.15) is 4.98 Å². The second kappa shape index (κ2) is 6.83. The minimum absolute atomic E-state index is 0.178. The number of para-hydroxylation sites is 1. The first-order chi connectivity index (χ1) is 11.3. The molecule has 122 valence electrons. The molecule has 0 atom stereocenters. The molecule has 23 heavy (non-hydrogen) atoms. The number of hydrogen-bond acceptors (Lipinski definition) is 5. The largest absolute Gasteiger partial charge is 0.437 e. The van der Waals surface area contributed by atoms with E-state index in [-0.39, 0.29) is 6.79 Å². The van der Waals surface area contributed by atoms with Gasteiger partial charge in [0.1, 0.15) is 5.52 Å². The Morgan fingerprint density at radius 2 is 2.00 bits per heavy atom. The number of benzene rings is 1. The molecular weight excluding hydrogens is 292 g/mol. The lowest BCUT2D eigenvalue weighted by molar-refractivity contribution is 0.0147. The fraction of sp³-hybridized carbons (Fsp3) is 0.412. The van der Waals surface area contributed by atoms with Crippen LogP contribution >= 0.6 is 0 Å². The van der Waals surface area contributed by atoms with Crippen molar-refractivity contribution in [2.45, 2.75) is 33.2 Å². The molecule has 0 spiro atoms. The number of nitrogens with zero attached hydrogens (tertiary/aromatic N) is 3. The van der Waals surface area contributed by atoms with Gasteiger partial charge in [-0.05, 0) is 19.4 Å². The number of unbranched alkanes of at least 4 members (excludes halogenated alkanes) is 1. The fourth-order valence-corrected chi connectivity index (χ4v) is 2.65. The third-order valence-corrected chi connectivity index (χ3v) is 3.79. The Bertz CT molecular complexity index is 813. The van der Waals surface area contributed by atoms with E-state index in [9.17, 15) is 0 Å². The first-order valence-corrected chi connectivity index (χ1v) is 8.01. The number of anilines is 1. The van der Waals surface area contributed by atoms with E-state index in [4.69, 9.17) is 15.2 Å². The number of nitrogen functional groups attached to an aromatic ring is 1. The number of ether oxygens (including phenoxy) is 2. The van der Waals surface area contributed by atoms with Crippen LogP contribution in [0.4, 0.5) is 5.82 Å². The molecule has 1 aromatic carbocycles. The molecule has 0 saturated heterocycles. The molecule has 6 nitrogen and oxygen atoms in total. The van der Waals surface area contributed by atoms with Crippen LogP contribution in [0, 0.1) is 0 Å². The third kappa shape index (κ3) is 2.94. The Hall–Kier alpha value is -2.34. The molecule has 0 amide bonds. The Morgan fingerprint density at radius 3 is 2.78 bits per heavy atom. The summed E-state index contributed by atoms with van der Waals surface area (Å²) in [6, 6.07) is 8.49. The quantitative estimate of drug-likeness (QED) is 0.535. The molecule has 2 aromatic heterocycles. The van der Waals surface area contributed by atoms with E-state index < -0.39 is 0 Å². The van der Waals surface area contributed by atoms with Crippen LogP contribution in [-0.4, -0.2) is 27.9 Å². The second-order valence-corrected chi connectivity index (χ2v) is 5.37. The SMILES string of the molecule is CCCCn1c(OCOCC)nc2c(N)nc3ccccc3c21. The summed E-state index contributed by atoms with van der Waals surface area (Å²) in [6.45, 7) is 5.69. The van der Waals surface area contributed by atoms with Crippen molar-refractivity contribution in [3.63, 3.8) is 0 Å². The molecule has 3 rings (SSSR count). The molecule has 0 bridgehead atoms. The van der Waals surface area contributed by atoms with Crippen molar-refractivity contribution >= 4 is 27.8 Å². The van der Waals surface area contributed by atoms with Crippen molar-refractivity contribution in [1.82, 2.24) is 14.5 Å². The summed E-state index contributed by atoms with van der Waals surface area (Å²) in [5.41, 5.74) is 8.65. The van der Waals surface area contributed by atoms with Gasteiger partial charge in [-0.15, -0.1) is 0 Å². The van der Waals surface area contributed by atoms with Crippen LogP contribution in [0.3, 0.4) is 0 Å². The standard InChI is InChI=1S/C17H22N4O2/c1-3-5-10-21-15-12-8-6-7-9-13(12)19-16(18)14(15)20-17(21)23-11-22-4-2/h6-9H,3-5,10-11H2,1-2H3,(H2,18,19). The van der Waals surface area contributed by atoms with Crippen LogP contribution in [0.25, 0.3) is 21.9 Å². The van der Waals surface area contributed by atoms with Crippen molar-refractivity contribution in [3.8, 4) is 6.01 Å². The van der Waals surface area contributed by atoms with E-state index in [0.29, 0.717) is 24.0 Å². The number of hydrogen-bond donors (Lipinski definition) is 1. The van der Waals surface area contributed by atoms with E-state index >= 15 is 0 Å². The van der Waals surface area contributed by atoms with Crippen LogP contribution in [-0.2, 0) is 11.3 Å². The maximum absolute atomic E-state index is 6.11. The molecule has 0 radical (unpaired) electrons. The zero-order chi connectivity index (χ0) is 16.2. The van der Waals surface area contributed by atoms with Crippen LogP contribution in [0.2, 0.25) is 0 Å². The third-order valence-electron chi connectivity index (χ3n) is 3.79. The molecule has 6 heteroatoms. The summed E-state index contributed by atoms with van der Waals surface area (Å²) in [4.78, 5) is 9.01. The highest BCUT2D eigenvalue weighted by atomic mass is 16.7. The molecule has 2 heterocycles. The van der Waals surface area contributed by atoms with Crippen molar-refractivity contribution in [2.75, 3.05) is 19.1 Å². The molecule has 0 aliphatic heterocycles. The van der Waals surface area contributed by atoms with Crippen molar-refractivity contribution in [3.05, 3.63) is 24.3 Å². The minimum Gasteiger partial charge on any atom is -0.437 e. The zero-order valence-corrected chi connectivity index (χ0v) is 13.6. The van der Waals surface area contributed by atoms with Gasteiger partial charge in [-0.1, -0.05) is 31.5 Å². The van der Waals surface area contributed by atoms with Crippen molar-refractivity contribution < 1.29 is 9.47 Å². The summed E-state index contributed by atoms with van der Waals surface area (Å²) in [6.07, 6.45) is 2.12. The van der Waals surface area contributed by atoms with Crippen molar-refractivity contribution in [1.29, 1.82) is 0 Å². The number of imidazole rings is 1. The van der Waals surface area contributed by atoms with E-state index in [1.807, 2.05) is 31.2 Å². The highest BCUT2D eigenvalue weighted by molar-refractivity contribution is 6.06. The van der Waals surface area contributed by atoms with E-state index in [2.05, 4.69) is 21.5 Å². The number of aryl methyl sites for hydroxylation is 1. The minimum atomic E-state index is 0.178. The van der Waals surface area contributed by atoms with Gasteiger partial charge in [0.2, 0.25) is 0 Å². The zero-order valence-electron chi connectivity index (χ0n) is 13.6. The molecule has 0 saturated carbocycles. The lowest BCUT2D eigenvalue weighted by atomic mass is 10.2. The van der Waals surface area contributed by atoms with Crippen LogP contribution in [0.5, 0.6) is 6.01 Å². The lowest BCUT2D eigenvalue weighted by Gasteiger charge is -2.10. The normalized spacial score (nSPS) is 11.4. The number of nitrogens with two attached hydrogens (primary N) is 1. The number of rotatable bonds is 7. The van der Waals surface area contributed by atoms with Crippen LogP contribution in [0.1, 0.15) is 26.7 Å². The summed E-state index contributed by atoms with van der Waals surface area (Å²) in [5, 5.41) is 1.03.